The molecule has 1 amide bonds. The van der Waals surface area contributed by atoms with E-state index in [2.05, 4.69) is 5.32 Å². The van der Waals surface area contributed by atoms with Crippen molar-refractivity contribution < 1.29 is 4.79 Å². The van der Waals surface area contributed by atoms with Crippen LogP contribution in [0.15, 0.2) is 24.3 Å². The number of nitrogens with two attached hydrogens (primary N) is 1. The molecule has 0 aliphatic carbocycles. The standard InChI is InChI=1S/C16H26ClN3O/c1-5-11(2)15(18)16(21)19-10-14(20(3)4)12-8-6-7-9-13(12)17/h6-9,11,14-15H,5,10,18H2,1-4H3,(H,19,21). The highest BCUT2D eigenvalue weighted by Crippen LogP contribution is 2.25. The van der Waals surface area contributed by atoms with Crippen LogP contribution in [0.2, 0.25) is 5.02 Å². The minimum absolute atomic E-state index is 0.0202. The van der Waals surface area contributed by atoms with Gasteiger partial charge in [-0.2, -0.15) is 0 Å². The van der Waals surface area contributed by atoms with Crippen molar-refractivity contribution in [2.45, 2.75) is 32.4 Å². The van der Waals surface area contributed by atoms with Crippen molar-refractivity contribution in [3.8, 4) is 0 Å². The van der Waals surface area contributed by atoms with Crippen LogP contribution in [0, 0.1) is 5.92 Å². The van der Waals surface area contributed by atoms with Gasteiger partial charge in [0.15, 0.2) is 0 Å². The van der Waals surface area contributed by atoms with Gasteiger partial charge in [0.1, 0.15) is 0 Å². The van der Waals surface area contributed by atoms with Gasteiger partial charge in [-0.3, -0.25) is 4.79 Å². The number of hydrogen-bond acceptors (Lipinski definition) is 3. The third kappa shape index (κ3) is 4.99. The molecule has 1 aromatic rings. The summed E-state index contributed by atoms with van der Waals surface area (Å²) in [6.45, 7) is 4.51. The molecular formula is C16H26ClN3O. The molecule has 0 radical (unpaired) electrons. The van der Waals surface area contributed by atoms with E-state index in [-0.39, 0.29) is 17.9 Å². The third-order valence-electron chi connectivity index (χ3n) is 3.92. The lowest BCUT2D eigenvalue weighted by Gasteiger charge is -2.27. The molecule has 4 nitrogen and oxygen atoms in total. The summed E-state index contributed by atoms with van der Waals surface area (Å²) in [5.41, 5.74) is 6.95. The number of carbonyl (C=O) groups excluding carboxylic acids is 1. The zero-order valence-electron chi connectivity index (χ0n) is 13.3. The number of nitrogens with one attached hydrogen (secondary N) is 1. The van der Waals surface area contributed by atoms with E-state index in [1.165, 1.54) is 0 Å². The number of likely N-dealkylation sites (N-methyl/N-ethyl adjacent to an activating group) is 1. The summed E-state index contributed by atoms with van der Waals surface area (Å²) in [6, 6.07) is 7.24. The molecule has 0 bridgehead atoms. The Hall–Kier alpha value is -1.10. The fraction of sp³-hybridized carbons (Fsp3) is 0.562. The molecule has 0 aliphatic rings. The second-order valence-corrected chi connectivity index (χ2v) is 6.06. The maximum Gasteiger partial charge on any atom is 0.237 e. The van der Waals surface area contributed by atoms with Crippen LogP contribution in [0.25, 0.3) is 0 Å². The Bertz CT molecular complexity index is 465. The molecule has 21 heavy (non-hydrogen) atoms. The molecule has 118 valence electrons. The topological polar surface area (TPSA) is 58.4 Å². The zero-order chi connectivity index (χ0) is 16.0. The van der Waals surface area contributed by atoms with Gasteiger partial charge < -0.3 is 16.0 Å². The van der Waals surface area contributed by atoms with Gasteiger partial charge in [-0.15, -0.1) is 0 Å². The SMILES string of the molecule is CCC(C)C(N)C(=O)NCC(c1ccccc1Cl)N(C)C. The van der Waals surface area contributed by atoms with Gasteiger partial charge in [0.05, 0.1) is 12.1 Å². The Balaban J connectivity index is 2.73. The molecule has 3 N–H and O–H groups in total. The largest absolute Gasteiger partial charge is 0.353 e. The van der Waals surface area contributed by atoms with Crippen LogP contribution in [0.4, 0.5) is 0 Å². The number of rotatable bonds is 7. The van der Waals surface area contributed by atoms with Crippen LogP contribution in [-0.2, 0) is 4.79 Å². The van der Waals surface area contributed by atoms with Gasteiger partial charge in [-0.1, -0.05) is 50.1 Å². The van der Waals surface area contributed by atoms with Crippen molar-refractivity contribution in [3.05, 3.63) is 34.9 Å². The minimum atomic E-state index is -0.468. The molecular weight excluding hydrogens is 286 g/mol. The quantitative estimate of drug-likeness (QED) is 0.813. The number of benzene rings is 1. The normalized spacial score (nSPS) is 15.6. The van der Waals surface area contributed by atoms with Gasteiger partial charge in [0, 0.05) is 11.6 Å². The number of halogens is 1. The second kappa shape index (κ2) is 8.37. The van der Waals surface area contributed by atoms with E-state index in [0.717, 1.165) is 12.0 Å². The Morgan fingerprint density at radius 2 is 2.00 bits per heavy atom. The summed E-state index contributed by atoms with van der Waals surface area (Å²) >= 11 is 6.25. The summed E-state index contributed by atoms with van der Waals surface area (Å²) in [5.74, 6) is 0.0615. The lowest BCUT2D eigenvalue weighted by atomic mass is 9.99. The van der Waals surface area contributed by atoms with E-state index in [9.17, 15) is 4.79 Å². The predicted octanol–water partition coefficient (Wildman–Crippen LogP) is 2.43. The van der Waals surface area contributed by atoms with Crippen LogP contribution >= 0.6 is 11.6 Å². The van der Waals surface area contributed by atoms with E-state index in [1.807, 2.05) is 57.1 Å². The Morgan fingerprint density at radius 3 is 2.52 bits per heavy atom. The van der Waals surface area contributed by atoms with Crippen LogP contribution in [0.5, 0.6) is 0 Å². The van der Waals surface area contributed by atoms with E-state index < -0.39 is 6.04 Å². The molecule has 0 fully saturated rings. The number of amides is 1. The molecule has 3 unspecified atom stereocenters. The molecule has 0 saturated heterocycles. The average molecular weight is 312 g/mol. The monoisotopic (exact) mass is 311 g/mol. The van der Waals surface area contributed by atoms with Crippen molar-refractivity contribution in [3.63, 3.8) is 0 Å². The first-order valence-corrected chi connectivity index (χ1v) is 7.70. The summed E-state index contributed by atoms with van der Waals surface area (Å²) < 4.78 is 0. The molecule has 1 rings (SSSR count). The highest BCUT2D eigenvalue weighted by atomic mass is 35.5. The van der Waals surface area contributed by atoms with Gasteiger partial charge in [-0.05, 0) is 31.6 Å². The smallest absolute Gasteiger partial charge is 0.237 e. The van der Waals surface area contributed by atoms with Crippen LogP contribution in [-0.4, -0.2) is 37.5 Å². The lowest BCUT2D eigenvalue weighted by molar-refractivity contribution is -0.123. The van der Waals surface area contributed by atoms with Gasteiger partial charge in [0.2, 0.25) is 5.91 Å². The maximum absolute atomic E-state index is 12.1. The van der Waals surface area contributed by atoms with Crippen molar-refractivity contribution in [1.82, 2.24) is 10.2 Å². The zero-order valence-corrected chi connectivity index (χ0v) is 14.0. The Labute approximate surface area is 132 Å². The third-order valence-corrected chi connectivity index (χ3v) is 4.26. The highest BCUT2D eigenvalue weighted by Gasteiger charge is 2.22. The molecule has 5 heteroatoms. The fourth-order valence-corrected chi connectivity index (χ4v) is 2.41. The van der Waals surface area contributed by atoms with Crippen molar-refractivity contribution >= 4 is 17.5 Å². The van der Waals surface area contributed by atoms with Gasteiger partial charge >= 0.3 is 0 Å². The van der Waals surface area contributed by atoms with Crippen molar-refractivity contribution in [1.29, 1.82) is 0 Å². The molecule has 0 spiro atoms. The molecule has 3 atom stereocenters. The minimum Gasteiger partial charge on any atom is -0.353 e. The molecule has 0 aromatic heterocycles. The van der Waals surface area contributed by atoms with Crippen LogP contribution < -0.4 is 11.1 Å². The van der Waals surface area contributed by atoms with E-state index in [1.54, 1.807) is 0 Å². The molecule has 1 aromatic carbocycles. The first kappa shape index (κ1) is 18.0. The highest BCUT2D eigenvalue weighted by molar-refractivity contribution is 6.31. The van der Waals surface area contributed by atoms with Crippen molar-refractivity contribution in [2.75, 3.05) is 20.6 Å². The number of carbonyl (C=O) groups is 1. The van der Waals surface area contributed by atoms with Crippen molar-refractivity contribution in [2.24, 2.45) is 11.7 Å². The van der Waals surface area contributed by atoms with E-state index >= 15 is 0 Å². The summed E-state index contributed by atoms with van der Waals surface area (Å²) in [6.07, 6.45) is 0.885. The Kier molecular flexibility index (Phi) is 7.15. The molecule has 0 heterocycles. The van der Waals surface area contributed by atoms with Crippen LogP contribution in [0.3, 0.4) is 0 Å². The van der Waals surface area contributed by atoms with E-state index in [0.29, 0.717) is 11.6 Å². The first-order chi connectivity index (χ1) is 9.88. The molecule has 0 saturated carbocycles. The fourth-order valence-electron chi connectivity index (χ4n) is 2.14. The van der Waals surface area contributed by atoms with E-state index in [4.69, 9.17) is 17.3 Å². The van der Waals surface area contributed by atoms with Gasteiger partial charge in [0.25, 0.3) is 0 Å². The van der Waals surface area contributed by atoms with Gasteiger partial charge in [-0.25, -0.2) is 0 Å². The van der Waals surface area contributed by atoms with Crippen LogP contribution in [0.1, 0.15) is 31.9 Å². The summed E-state index contributed by atoms with van der Waals surface area (Å²) in [5, 5.41) is 3.65. The Morgan fingerprint density at radius 1 is 1.38 bits per heavy atom. The summed E-state index contributed by atoms with van der Waals surface area (Å²) in [7, 11) is 3.93. The number of nitrogens with zero attached hydrogens (tertiary/aromatic N) is 1. The first-order valence-electron chi connectivity index (χ1n) is 7.32. The average Bonchev–Trinajstić information content (AvgIpc) is 2.47. The lowest BCUT2D eigenvalue weighted by Crippen LogP contribution is -2.46. The second-order valence-electron chi connectivity index (χ2n) is 5.66. The molecule has 0 aliphatic heterocycles. The predicted molar refractivity (Wildman–Crippen MR) is 88.3 cm³/mol. The number of hydrogen-bond donors (Lipinski definition) is 2. The summed E-state index contributed by atoms with van der Waals surface area (Å²) in [4.78, 5) is 14.1. The maximum atomic E-state index is 12.1.